The highest BCUT2D eigenvalue weighted by molar-refractivity contribution is 7.98. The third-order valence-corrected chi connectivity index (χ3v) is 4.77. The number of aromatic nitrogens is 1. The molecule has 0 saturated carbocycles. The standard InChI is InChI=1S/C19H24N4O2S/c1-23(2)12-4-11-21-18(25)16-5-3-10-22-19(16)26-13-14-6-8-15(9-7-14)17(20)24/h3,5-10H,4,11-13H2,1-2H3,(H2,20,24)(H,21,25). The number of nitrogens with two attached hydrogens (primary N) is 1. The number of primary amides is 1. The number of amides is 2. The van der Waals surface area contributed by atoms with Crippen LogP contribution in [0.2, 0.25) is 0 Å². The molecule has 0 aliphatic rings. The number of carbonyl (C=O) groups is 2. The topological polar surface area (TPSA) is 88.3 Å². The molecule has 0 unspecified atom stereocenters. The van der Waals surface area contributed by atoms with Crippen LogP contribution in [0.4, 0.5) is 0 Å². The lowest BCUT2D eigenvalue weighted by Crippen LogP contribution is -2.27. The SMILES string of the molecule is CN(C)CCCNC(=O)c1cccnc1SCc1ccc(C(N)=O)cc1. The van der Waals surface area contributed by atoms with Gasteiger partial charge >= 0.3 is 0 Å². The van der Waals surface area contributed by atoms with Gasteiger partial charge in [0.15, 0.2) is 0 Å². The number of carbonyl (C=O) groups excluding carboxylic acids is 2. The number of hydrogen-bond donors (Lipinski definition) is 2. The van der Waals surface area contributed by atoms with Crippen molar-refractivity contribution >= 4 is 23.6 Å². The Morgan fingerprint density at radius 1 is 1.19 bits per heavy atom. The number of benzene rings is 1. The van der Waals surface area contributed by atoms with E-state index in [2.05, 4.69) is 15.2 Å². The van der Waals surface area contributed by atoms with E-state index in [1.54, 1.807) is 30.5 Å². The maximum absolute atomic E-state index is 12.4. The molecule has 3 N–H and O–H groups in total. The van der Waals surface area contributed by atoms with Gasteiger partial charge in [-0.1, -0.05) is 12.1 Å². The van der Waals surface area contributed by atoms with Crippen molar-refractivity contribution in [1.82, 2.24) is 15.2 Å². The van der Waals surface area contributed by atoms with Gasteiger partial charge in [-0.2, -0.15) is 0 Å². The van der Waals surface area contributed by atoms with Crippen LogP contribution in [0.3, 0.4) is 0 Å². The van der Waals surface area contributed by atoms with Crippen molar-refractivity contribution in [3.8, 4) is 0 Å². The molecule has 6 nitrogen and oxygen atoms in total. The molecule has 2 aromatic rings. The molecule has 0 aliphatic heterocycles. The molecular weight excluding hydrogens is 348 g/mol. The first-order valence-corrected chi connectivity index (χ1v) is 9.35. The summed E-state index contributed by atoms with van der Waals surface area (Å²) in [6, 6.07) is 10.7. The summed E-state index contributed by atoms with van der Waals surface area (Å²) in [6.07, 6.45) is 2.58. The second-order valence-corrected chi connectivity index (χ2v) is 7.08. The highest BCUT2D eigenvalue weighted by atomic mass is 32.2. The fourth-order valence-electron chi connectivity index (χ4n) is 2.29. The van der Waals surface area contributed by atoms with Gasteiger partial charge in [-0.05, 0) is 56.9 Å². The van der Waals surface area contributed by atoms with E-state index in [1.807, 2.05) is 26.2 Å². The largest absolute Gasteiger partial charge is 0.366 e. The summed E-state index contributed by atoms with van der Waals surface area (Å²) in [5.41, 5.74) is 7.34. The molecule has 2 amide bonds. The minimum atomic E-state index is -0.442. The maximum Gasteiger partial charge on any atom is 0.254 e. The fraction of sp³-hybridized carbons (Fsp3) is 0.316. The molecule has 1 heterocycles. The van der Waals surface area contributed by atoms with Crippen molar-refractivity contribution in [2.45, 2.75) is 17.2 Å². The summed E-state index contributed by atoms with van der Waals surface area (Å²) < 4.78 is 0. The zero-order valence-electron chi connectivity index (χ0n) is 15.1. The normalized spacial score (nSPS) is 10.7. The number of nitrogens with zero attached hydrogens (tertiary/aromatic N) is 2. The Morgan fingerprint density at radius 2 is 1.92 bits per heavy atom. The second kappa shape index (κ2) is 9.94. The zero-order valence-corrected chi connectivity index (χ0v) is 15.9. The first-order chi connectivity index (χ1) is 12.5. The van der Waals surface area contributed by atoms with Crippen LogP contribution < -0.4 is 11.1 Å². The zero-order chi connectivity index (χ0) is 18.9. The van der Waals surface area contributed by atoms with E-state index >= 15 is 0 Å². The molecule has 0 atom stereocenters. The first-order valence-electron chi connectivity index (χ1n) is 8.37. The molecule has 0 spiro atoms. The smallest absolute Gasteiger partial charge is 0.254 e. The minimum Gasteiger partial charge on any atom is -0.366 e. The molecule has 0 fully saturated rings. The Kier molecular flexibility index (Phi) is 7.62. The van der Waals surface area contributed by atoms with E-state index in [9.17, 15) is 9.59 Å². The molecule has 0 bridgehead atoms. The Hall–Kier alpha value is -2.38. The number of rotatable bonds is 9. The van der Waals surface area contributed by atoms with Crippen LogP contribution in [0.5, 0.6) is 0 Å². The average molecular weight is 372 g/mol. The van der Waals surface area contributed by atoms with Crippen LogP contribution in [-0.4, -0.2) is 48.9 Å². The van der Waals surface area contributed by atoms with E-state index in [-0.39, 0.29) is 5.91 Å². The van der Waals surface area contributed by atoms with E-state index < -0.39 is 5.91 Å². The minimum absolute atomic E-state index is 0.108. The van der Waals surface area contributed by atoms with Crippen molar-refractivity contribution in [2.75, 3.05) is 27.2 Å². The summed E-state index contributed by atoms with van der Waals surface area (Å²) in [5.74, 6) is 0.0994. The molecule has 138 valence electrons. The summed E-state index contributed by atoms with van der Waals surface area (Å²) in [6.45, 7) is 1.56. The van der Waals surface area contributed by atoms with Crippen LogP contribution in [-0.2, 0) is 5.75 Å². The highest BCUT2D eigenvalue weighted by Gasteiger charge is 2.12. The first kappa shape index (κ1) is 19.9. The van der Waals surface area contributed by atoms with Gasteiger partial charge in [-0.3, -0.25) is 9.59 Å². The van der Waals surface area contributed by atoms with Crippen LogP contribution in [0.25, 0.3) is 0 Å². The average Bonchev–Trinajstić information content (AvgIpc) is 2.63. The van der Waals surface area contributed by atoms with Gasteiger partial charge in [-0.25, -0.2) is 4.98 Å². The predicted octanol–water partition coefficient (Wildman–Crippen LogP) is 2.15. The van der Waals surface area contributed by atoms with Crippen LogP contribution in [0, 0.1) is 0 Å². The summed E-state index contributed by atoms with van der Waals surface area (Å²) >= 11 is 1.49. The van der Waals surface area contributed by atoms with Gasteiger partial charge in [0.2, 0.25) is 5.91 Å². The van der Waals surface area contributed by atoms with Gasteiger partial charge in [0.1, 0.15) is 5.03 Å². The van der Waals surface area contributed by atoms with Crippen molar-refractivity contribution in [3.05, 3.63) is 59.3 Å². The number of thioether (sulfide) groups is 1. The summed E-state index contributed by atoms with van der Waals surface area (Å²) in [4.78, 5) is 29.9. The highest BCUT2D eigenvalue weighted by Crippen LogP contribution is 2.24. The monoisotopic (exact) mass is 372 g/mol. The molecular formula is C19H24N4O2S. The third-order valence-electron chi connectivity index (χ3n) is 3.70. The fourth-order valence-corrected chi connectivity index (χ4v) is 3.24. The summed E-state index contributed by atoms with van der Waals surface area (Å²) in [7, 11) is 4.02. The molecule has 2 rings (SSSR count). The predicted molar refractivity (Wildman–Crippen MR) is 104 cm³/mol. The van der Waals surface area contributed by atoms with E-state index in [4.69, 9.17) is 5.73 Å². The van der Waals surface area contributed by atoms with Crippen molar-refractivity contribution in [2.24, 2.45) is 5.73 Å². The van der Waals surface area contributed by atoms with E-state index in [0.717, 1.165) is 18.5 Å². The molecule has 1 aromatic carbocycles. The molecule has 7 heteroatoms. The van der Waals surface area contributed by atoms with Crippen LogP contribution in [0.1, 0.15) is 32.7 Å². The quantitative estimate of drug-likeness (QED) is 0.520. The van der Waals surface area contributed by atoms with Gasteiger partial charge in [-0.15, -0.1) is 11.8 Å². The van der Waals surface area contributed by atoms with E-state index in [0.29, 0.717) is 28.5 Å². The van der Waals surface area contributed by atoms with Crippen molar-refractivity contribution in [1.29, 1.82) is 0 Å². The van der Waals surface area contributed by atoms with Crippen LogP contribution in [0.15, 0.2) is 47.6 Å². The lowest BCUT2D eigenvalue weighted by Gasteiger charge is -2.11. The lowest BCUT2D eigenvalue weighted by molar-refractivity contribution is 0.0947. The Balaban J connectivity index is 1.95. The summed E-state index contributed by atoms with van der Waals surface area (Å²) in [5, 5.41) is 3.63. The Bertz CT molecular complexity index is 747. The second-order valence-electron chi connectivity index (χ2n) is 6.12. The van der Waals surface area contributed by atoms with Crippen molar-refractivity contribution in [3.63, 3.8) is 0 Å². The number of hydrogen-bond acceptors (Lipinski definition) is 5. The number of nitrogens with one attached hydrogen (secondary N) is 1. The van der Waals surface area contributed by atoms with Crippen molar-refractivity contribution < 1.29 is 9.59 Å². The van der Waals surface area contributed by atoms with Crippen LogP contribution >= 0.6 is 11.8 Å². The van der Waals surface area contributed by atoms with Gasteiger partial charge in [0.25, 0.3) is 5.91 Å². The van der Waals surface area contributed by atoms with Gasteiger partial charge in [0, 0.05) is 24.1 Å². The Morgan fingerprint density at radius 3 is 2.58 bits per heavy atom. The Labute approximate surface area is 158 Å². The molecule has 26 heavy (non-hydrogen) atoms. The maximum atomic E-state index is 12.4. The van der Waals surface area contributed by atoms with Gasteiger partial charge in [0.05, 0.1) is 5.56 Å². The molecule has 0 radical (unpaired) electrons. The van der Waals surface area contributed by atoms with Gasteiger partial charge < -0.3 is 16.0 Å². The molecule has 1 aromatic heterocycles. The molecule has 0 saturated heterocycles. The molecule has 0 aliphatic carbocycles. The number of pyridine rings is 1. The van der Waals surface area contributed by atoms with E-state index in [1.165, 1.54) is 11.8 Å². The third kappa shape index (κ3) is 6.16. The lowest BCUT2D eigenvalue weighted by atomic mass is 10.1.